The molecule has 0 bridgehead atoms. The minimum Gasteiger partial charge on any atom is -0.508 e. The number of benzene rings is 4. The normalized spacial score (nSPS) is 16.9. The molecule has 0 saturated carbocycles. The fourth-order valence-electron chi connectivity index (χ4n) is 4.54. The van der Waals surface area contributed by atoms with Crippen molar-refractivity contribution >= 4 is 32.9 Å². The van der Waals surface area contributed by atoms with Crippen LogP contribution in [0.4, 0.5) is 4.79 Å². The minimum atomic E-state index is -1.24. The maximum atomic E-state index is 12.9. The zero-order valence-electron chi connectivity index (χ0n) is 18.7. The lowest BCUT2D eigenvalue weighted by Gasteiger charge is -2.36. The van der Waals surface area contributed by atoms with Crippen LogP contribution < -0.4 is 9.47 Å². The Balaban J connectivity index is 1.31. The SMILES string of the molecule is O=C(Oc1ccc2c(c1)Oc1cc(O)ccc1C21OC(=O)c2ccccc21)SSCc1ccccc1. The Morgan fingerprint density at radius 3 is 2.42 bits per heavy atom. The van der Waals surface area contributed by atoms with E-state index in [9.17, 15) is 14.7 Å². The standard InChI is InChI=1S/C28H18O6S2/c29-18-10-12-22-24(14-18)33-25-15-19(32-27(31)36-35-16-17-6-2-1-3-7-17)11-13-23(25)28(22)21-9-5-4-8-20(21)26(30)34-28/h1-15,29H,16H2. The van der Waals surface area contributed by atoms with E-state index in [-0.39, 0.29) is 5.75 Å². The molecule has 8 heteroatoms. The molecule has 0 aromatic heterocycles. The number of phenols is 1. The highest BCUT2D eigenvalue weighted by Gasteiger charge is 2.53. The average Bonchev–Trinajstić information content (AvgIpc) is 3.17. The second-order valence-corrected chi connectivity index (χ2v) is 10.5. The summed E-state index contributed by atoms with van der Waals surface area (Å²) in [6.07, 6.45) is 0. The van der Waals surface area contributed by atoms with E-state index < -0.39 is 16.9 Å². The highest BCUT2D eigenvalue weighted by molar-refractivity contribution is 8.81. The van der Waals surface area contributed by atoms with E-state index in [4.69, 9.17) is 14.2 Å². The second-order valence-electron chi connectivity index (χ2n) is 8.24. The van der Waals surface area contributed by atoms with Crippen molar-refractivity contribution in [2.75, 3.05) is 0 Å². The monoisotopic (exact) mass is 514 g/mol. The molecule has 6 rings (SSSR count). The fraction of sp³-hybridized carbons (Fsp3) is 0.0714. The molecule has 6 nitrogen and oxygen atoms in total. The fourth-order valence-corrected chi connectivity index (χ4v) is 6.13. The molecule has 1 unspecified atom stereocenters. The first kappa shape index (κ1) is 22.6. The lowest BCUT2D eigenvalue weighted by molar-refractivity contribution is 0.0224. The third-order valence-electron chi connectivity index (χ3n) is 6.07. The number of carbonyl (C=O) groups excluding carboxylic acids is 2. The summed E-state index contributed by atoms with van der Waals surface area (Å²) in [7, 11) is 2.40. The van der Waals surface area contributed by atoms with Gasteiger partial charge in [-0.2, -0.15) is 0 Å². The number of hydrogen-bond donors (Lipinski definition) is 1. The number of phenolic OH excluding ortho intramolecular Hbond substituents is 1. The molecule has 0 radical (unpaired) electrons. The molecule has 2 heterocycles. The number of hydrogen-bond acceptors (Lipinski definition) is 8. The van der Waals surface area contributed by atoms with Crippen LogP contribution in [0.2, 0.25) is 0 Å². The molecule has 1 spiro atoms. The summed E-state index contributed by atoms with van der Waals surface area (Å²) in [5.74, 6) is 1.25. The molecule has 0 aliphatic carbocycles. The third-order valence-corrected chi connectivity index (χ3v) is 7.97. The molecule has 0 saturated heterocycles. The van der Waals surface area contributed by atoms with Crippen LogP contribution in [0.1, 0.15) is 32.6 Å². The Hall–Kier alpha value is -3.88. The third kappa shape index (κ3) is 3.79. The molecule has 2 aliphatic rings. The Kier molecular flexibility index (Phi) is 5.62. The molecule has 1 N–H and O–H groups in total. The summed E-state index contributed by atoms with van der Waals surface area (Å²) in [5, 5.41) is 9.63. The van der Waals surface area contributed by atoms with Gasteiger partial charge in [0.1, 0.15) is 23.0 Å². The van der Waals surface area contributed by atoms with Crippen LogP contribution in [0.5, 0.6) is 23.0 Å². The van der Waals surface area contributed by atoms with Gasteiger partial charge in [-0.1, -0.05) is 59.3 Å². The Labute approximate surface area is 214 Å². The van der Waals surface area contributed by atoms with Crippen LogP contribution in [-0.4, -0.2) is 16.4 Å². The van der Waals surface area contributed by atoms with Gasteiger partial charge in [-0.05, 0) is 35.9 Å². The Morgan fingerprint density at radius 1 is 0.861 bits per heavy atom. The first-order valence-electron chi connectivity index (χ1n) is 11.1. The lowest BCUT2D eigenvalue weighted by atomic mass is 9.77. The summed E-state index contributed by atoms with van der Waals surface area (Å²) >= 11 is 0. The van der Waals surface area contributed by atoms with E-state index >= 15 is 0 Å². The number of fused-ring (bicyclic) bond motifs is 6. The first-order valence-corrected chi connectivity index (χ1v) is 13.4. The number of rotatable bonds is 4. The lowest BCUT2D eigenvalue weighted by Crippen LogP contribution is -2.32. The molecule has 4 aromatic rings. The van der Waals surface area contributed by atoms with Crippen molar-refractivity contribution in [3.05, 3.63) is 119 Å². The van der Waals surface area contributed by atoms with Crippen LogP contribution >= 0.6 is 21.6 Å². The van der Waals surface area contributed by atoms with Gasteiger partial charge in [0.2, 0.25) is 0 Å². The van der Waals surface area contributed by atoms with Crippen molar-refractivity contribution in [2.24, 2.45) is 0 Å². The van der Waals surface area contributed by atoms with Crippen molar-refractivity contribution in [3.8, 4) is 23.0 Å². The van der Waals surface area contributed by atoms with Gasteiger partial charge in [0.25, 0.3) is 0 Å². The second kappa shape index (κ2) is 8.96. The van der Waals surface area contributed by atoms with E-state index in [1.807, 2.05) is 42.5 Å². The smallest absolute Gasteiger partial charge is 0.383 e. The number of ether oxygens (including phenoxy) is 3. The highest BCUT2D eigenvalue weighted by Crippen LogP contribution is 2.57. The van der Waals surface area contributed by atoms with Crippen LogP contribution in [0, 0.1) is 0 Å². The quantitative estimate of drug-likeness (QED) is 0.229. The summed E-state index contributed by atoms with van der Waals surface area (Å²) in [5.41, 5.74) is 2.22. The summed E-state index contributed by atoms with van der Waals surface area (Å²) in [6, 6.07) is 26.8. The predicted octanol–water partition coefficient (Wildman–Crippen LogP) is 7.04. The van der Waals surface area contributed by atoms with Crippen molar-refractivity contribution in [1.82, 2.24) is 0 Å². The van der Waals surface area contributed by atoms with Gasteiger partial charge in [0, 0.05) is 45.4 Å². The number of esters is 1. The van der Waals surface area contributed by atoms with Gasteiger partial charge in [-0.3, -0.25) is 0 Å². The van der Waals surface area contributed by atoms with Gasteiger partial charge >= 0.3 is 11.3 Å². The highest BCUT2D eigenvalue weighted by atomic mass is 33.1. The molecule has 0 fully saturated rings. The largest absolute Gasteiger partial charge is 0.508 e. The van der Waals surface area contributed by atoms with E-state index in [1.54, 1.807) is 36.4 Å². The van der Waals surface area contributed by atoms with Crippen molar-refractivity contribution in [3.63, 3.8) is 0 Å². The van der Waals surface area contributed by atoms with Crippen LogP contribution in [0.25, 0.3) is 0 Å². The van der Waals surface area contributed by atoms with Gasteiger partial charge < -0.3 is 19.3 Å². The summed E-state index contributed by atoms with van der Waals surface area (Å²) in [4.78, 5) is 25.3. The molecule has 1 atom stereocenters. The molecule has 4 aromatic carbocycles. The maximum absolute atomic E-state index is 12.9. The molecule has 0 amide bonds. The average molecular weight is 515 g/mol. The van der Waals surface area contributed by atoms with Gasteiger partial charge in [-0.15, -0.1) is 0 Å². The van der Waals surface area contributed by atoms with E-state index in [0.717, 1.165) is 16.4 Å². The van der Waals surface area contributed by atoms with Crippen molar-refractivity contribution in [2.45, 2.75) is 11.4 Å². The van der Waals surface area contributed by atoms with Crippen LogP contribution in [0.15, 0.2) is 91.0 Å². The Morgan fingerprint density at radius 2 is 1.58 bits per heavy atom. The number of carbonyl (C=O) groups is 2. The predicted molar refractivity (Wildman–Crippen MR) is 138 cm³/mol. The van der Waals surface area contributed by atoms with Crippen LogP contribution in [-0.2, 0) is 16.1 Å². The summed E-state index contributed by atoms with van der Waals surface area (Å²) in [6.45, 7) is 0. The van der Waals surface area contributed by atoms with E-state index in [0.29, 0.717) is 45.3 Å². The van der Waals surface area contributed by atoms with Crippen LogP contribution in [0.3, 0.4) is 0 Å². The minimum absolute atomic E-state index is 0.0133. The Bertz CT molecular complexity index is 1500. The zero-order chi connectivity index (χ0) is 24.7. The van der Waals surface area contributed by atoms with Gasteiger partial charge in [-0.25, -0.2) is 9.59 Å². The molecule has 178 valence electrons. The maximum Gasteiger partial charge on any atom is 0.383 e. The van der Waals surface area contributed by atoms with E-state index in [2.05, 4.69) is 0 Å². The van der Waals surface area contributed by atoms with Crippen molar-refractivity contribution in [1.29, 1.82) is 0 Å². The van der Waals surface area contributed by atoms with E-state index in [1.165, 1.54) is 22.9 Å². The molecular weight excluding hydrogens is 496 g/mol. The van der Waals surface area contributed by atoms with Crippen molar-refractivity contribution < 1.29 is 28.9 Å². The van der Waals surface area contributed by atoms with Gasteiger partial charge in [0.15, 0.2) is 5.60 Å². The molecular formula is C28H18O6S2. The number of aromatic hydroxyl groups is 1. The zero-order valence-corrected chi connectivity index (χ0v) is 20.3. The summed E-state index contributed by atoms with van der Waals surface area (Å²) < 4.78 is 17.7. The molecule has 2 aliphatic heterocycles. The van der Waals surface area contributed by atoms with Gasteiger partial charge in [0.05, 0.1) is 5.56 Å². The first-order chi connectivity index (χ1) is 17.5. The molecule has 36 heavy (non-hydrogen) atoms. The topological polar surface area (TPSA) is 82.1 Å².